The molecular formula is C23H23ClN4O2S. The maximum Gasteiger partial charge on any atom is 0.349 e. The number of nitrogens with zero attached hydrogens (tertiary/aromatic N) is 3. The monoisotopic (exact) mass is 454 g/mol. The summed E-state index contributed by atoms with van der Waals surface area (Å²) in [6.45, 7) is 0.859. The molecule has 0 radical (unpaired) electrons. The lowest BCUT2D eigenvalue weighted by Gasteiger charge is -2.22. The van der Waals surface area contributed by atoms with Crippen molar-refractivity contribution < 1.29 is 4.79 Å². The minimum absolute atomic E-state index is 0.114. The van der Waals surface area contributed by atoms with E-state index in [1.54, 1.807) is 23.0 Å². The molecule has 0 aliphatic heterocycles. The van der Waals surface area contributed by atoms with Crippen LogP contribution in [-0.2, 0) is 30.7 Å². The van der Waals surface area contributed by atoms with Gasteiger partial charge in [-0.1, -0.05) is 41.6 Å². The average Bonchev–Trinajstić information content (AvgIpc) is 2.80. The van der Waals surface area contributed by atoms with Gasteiger partial charge >= 0.3 is 5.69 Å². The van der Waals surface area contributed by atoms with Gasteiger partial charge in [-0.2, -0.15) is 4.98 Å². The number of aromatic nitrogens is 3. The predicted molar refractivity (Wildman–Crippen MR) is 123 cm³/mol. The normalized spacial score (nSPS) is 12.9. The molecule has 160 valence electrons. The first-order valence-electron chi connectivity index (χ1n) is 10.3. The molecule has 31 heavy (non-hydrogen) atoms. The Kier molecular flexibility index (Phi) is 7.04. The Labute approximate surface area is 190 Å². The van der Waals surface area contributed by atoms with Gasteiger partial charge in [-0.25, -0.2) is 4.79 Å². The van der Waals surface area contributed by atoms with Crippen LogP contribution in [0.2, 0.25) is 5.02 Å². The summed E-state index contributed by atoms with van der Waals surface area (Å²) in [6, 6.07) is 11.3. The van der Waals surface area contributed by atoms with Gasteiger partial charge in [-0.15, -0.1) is 0 Å². The largest absolute Gasteiger partial charge is 0.351 e. The number of fused-ring (bicyclic) bond motifs is 1. The van der Waals surface area contributed by atoms with E-state index in [4.69, 9.17) is 11.6 Å². The van der Waals surface area contributed by atoms with E-state index in [1.807, 2.05) is 30.3 Å². The van der Waals surface area contributed by atoms with E-state index in [2.05, 4.69) is 15.3 Å². The molecule has 0 saturated heterocycles. The minimum atomic E-state index is -0.267. The number of rotatable bonds is 7. The smallest absolute Gasteiger partial charge is 0.349 e. The van der Waals surface area contributed by atoms with Crippen molar-refractivity contribution >= 4 is 29.3 Å². The molecule has 1 amide bonds. The summed E-state index contributed by atoms with van der Waals surface area (Å²) >= 11 is 7.48. The Balaban J connectivity index is 1.47. The van der Waals surface area contributed by atoms with Gasteiger partial charge in [0.2, 0.25) is 5.91 Å². The lowest BCUT2D eigenvalue weighted by Crippen LogP contribution is -2.31. The van der Waals surface area contributed by atoms with Crippen LogP contribution in [0.4, 0.5) is 0 Å². The number of nitrogens with one attached hydrogen (secondary N) is 1. The highest BCUT2D eigenvalue weighted by Gasteiger charge is 2.21. The lowest BCUT2D eigenvalue weighted by atomic mass is 9.97. The molecule has 2 aromatic heterocycles. The van der Waals surface area contributed by atoms with Crippen LogP contribution >= 0.6 is 23.4 Å². The second-order valence-electron chi connectivity index (χ2n) is 7.43. The predicted octanol–water partition coefficient (Wildman–Crippen LogP) is 3.63. The second-order valence-corrected chi connectivity index (χ2v) is 8.80. The molecule has 0 fully saturated rings. The number of pyridine rings is 1. The summed E-state index contributed by atoms with van der Waals surface area (Å²) in [6.07, 6.45) is 7.30. The summed E-state index contributed by atoms with van der Waals surface area (Å²) in [4.78, 5) is 33.6. The van der Waals surface area contributed by atoms with Crippen LogP contribution in [0.5, 0.6) is 0 Å². The van der Waals surface area contributed by atoms with Gasteiger partial charge in [0.05, 0.1) is 12.3 Å². The highest BCUT2D eigenvalue weighted by Crippen LogP contribution is 2.28. The molecule has 0 bridgehead atoms. The van der Waals surface area contributed by atoms with Crippen LogP contribution in [0.15, 0.2) is 58.6 Å². The van der Waals surface area contributed by atoms with Crippen LogP contribution in [0.3, 0.4) is 0 Å². The van der Waals surface area contributed by atoms with E-state index in [-0.39, 0.29) is 17.3 Å². The van der Waals surface area contributed by atoms with E-state index in [0.29, 0.717) is 23.1 Å². The van der Waals surface area contributed by atoms with Crippen molar-refractivity contribution in [1.29, 1.82) is 0 Å². The van der Waals surface area contributed by atoms with Gasteiger partial charge in [0, 0.05) is 35.2 Å². The number of carbonyl (C=O) groups is 1. The Hall–Kier alpha value is -2.64. The van der Waals surface area contributed by atoms with E-state index in [1.165, 1.54) is 11.8 Å². The molecule has 1 aliphatic rings. The third kappa shape index (κ3) is 5.35. The molecule has 3 aromatic rings. The van der Waals surface area contributed by atoms with Crippen molar-refractivity contribution in [3.8, 4) is 0 Å². The van der Waals surface area contributed by atoms with Gasteiger partial charge in [0.25, 0.3) is 0 Å². The summed E-state index contributed by atoms with van der Waals surface area (Å²) in [5.41, 5.74) is 3.77. The highest BCUT2D eigenvalue weighted by atomic mass is 35.5. The quantitative estimate of drug-likeness (QED) is 0.435. The number of thioether (sulfide) groups is 1. The van der Waals surface area contributed by atoms with Crippen LogP contribution in [0.25, 0.3) is 0 Å². The van der Waals surface area contributed by atoms with E-state index >= 15 is 0 Å². The molecule has 0 saturated carbocycles. The van der Waals surface area contributed by atoms with E-state index in [9.17, 15) is 9.59 Å². The molecule has 2 heterocycles. The summed E-state index contributed by atoms with van der Waals surface area (Å²) in [7, 11) is 0. The maximum absolute atomic E-state index is 12.8. The van der Waals surface area contributed by atoms with Crippen molar-refractivity contribution in [3.05, 3.63) is 86.7 Å². The topological polar surface area (TPSA) is 76.9 Å². The second kappa shape index (κ2) is 10.1. The van der Waals surface area contributed by atoms with E-state index < -0.39 is 0 Å². The van der Waals surface area contributed by atoms with Crippen molar-refractivity contribution in [2.45, 2.75) is 43.8 Å². The molecular weight excluding hydrogens is 432 g/mol. The fourth-order valence-corrected chi connectivity index (χ4v) is 4.83. The molecule has 0 atom stereocenters. The Morgan fingerprint density at radius 3 is 2.71 bits per heavy atom. The Morgan fingerprint density at radius 1 is 1.13 bits per heavy atom. The first kappa shape index (κ1) is 21.6. The molecule has 4 rings (SSSR count). The Bertz CT molecular complexity index is 1130. The zero-order chi connectivity index (χ0) is 21.6. The zero-order valence-electron chi connectivity index (χ0n) is 17.0. The molecule has 1 N–H and O–H groups in total. The lowest BCUT2D eigenvalue weighted by molar-refractivity contribution is -0.118. The molecule has 1 aromatic carbocycles. The minimum Gasteiger partial charge on any atom is -0.351 e. The van der Waals surface area contributed by atoms with Crippen LogP contribution < -0.4 is 11.0 Å². The van der Waals surface area contributed by atoms with Crippen LogP contribution in [0.1, 0.15) is 35.2 Å². The van der Waals surface area contributed by atoms with Gasteiger partial charge in [0.15, 0.2) is 0 Å². The highest BCUT2D eigenvalue weighted by molar-refractivity contribution is 7.99. The molecule has 0 unspecified atom stereocenters. The van der Waals surface area contributed by atoms with E-state index in [0.717, 1.165) is 48.1 Å². The van der Waals surface area contributed by atoms with Crippen molar-refractivity contribution in [2.24, 2.45) is 0 Å². The molecule has 6 nitrogen and oxygen atoms in total. The van der Waals surface area contributed by atoms with Gasteiger partial charge in [-0.3, -0.25) is 14.3 Å². The van der Waals surface area contributed by atoms with Crippen molar-refractivity contribution in [1.82, 2.24) is 19.9 Å². The maximum atomic E-state index is 12.8. The molecule has 1 aliphatic carbocycles. The Morgan fingerprint density at radius 2 is 1.90 bits per heavy atom. The van der Waals surface area contributed by atoms with Crippen molar-refractivity contribution in [2.75, 3.05) is 5.75 Å². The first-order valence-corrected chi connectivity index (χ1v) is 11.6. The van der Waals surface area contributed by atoms with Gasteiger partial charge in [0.1, 0.15) is 5.03 Å². The molecule has 8 heteroatoms. The summed E-state index contributed by atoms with van der Waals surface area (Å²) < 4.78 is 1.77. The summed E-state index contributed by atoms with van der Waals surface area (Å²) in [5.74, 6) is 0.0924. The van der Waals surface area contributed by atoms with Crippen LogP contribution in [-0.4, -0.2) is 26.2 Å². The fourth-order valence-electron chi connectivity index (χ4n) is 3.72. The average molecular weight is 455 g/mol. The number of carbonyl (C=O) groups excluding carboxylic acids is 1. The standard InChI is InChI=1S/C23H23ClN4O2S/c24-19-7-3-1-5-17(19)13-26-21(29)15-31-22-18-6-2-4-8-20(18)28(23(30)27-22)14-16-9-11-25-12-10-16/h1,3,5,7,9-12H,2,4,6,8,13-15H2,(H,26,29). The number of hydrogen-bond donors (Lipinski definition) is 1. The van der Waals surface area contributed by atoms with Gasteiger partial charge < -0.3 is 5.32 Å². The number of benzene rings is 1. The molecule has 0 spiro atoms. The first-order chi connectivity index (χ1) is 15.1. The SMILES string of the molecule is O=C(CSc1nc(=O)n(Cc2ccncc2)c2c1CCCC2)NCc1ccccc1Cl. The number of hydrogen-bond acceptors (Lipinski definition) is 5. The third-order valence-corrected chi connectivity index (χ3v) is 6.70. The van der Waals surface area contributed by atoms with Crippen LogP contribution in [0, 0.1) is 0 Å². The number of halogens is 1. The zero-order valence-corrected chi connectivity index (χ0v) is 18.6. The third-order valence-electron chi connectivity index (χ3n) is 5.31. The fraction of sp³-hybridized carbons (Fsp3) is 0.304. The number of amides is 1. The van der Waals surface area contributed by atoms with Gasteiger partial charge in [-0.05, 0) is 55.0 Å². The van der Waals surface area contributed by atoms with Crippen molar-refractivity contribution in [3.63, 3.8) is 0 Å². The summed E-state index contributed by atoms with van der Waals surface area (Å²) in [5, 5.41) is 4.20.